The second kappa shape index (κ2) is 8.20. The normalized spacial score (nSPS) is 22.9. The summed E-state index contributed by atoms with van der Waals surface area (Å²) in [7, 11) is -3.25. The zero-order valence-corrected chi connectivity index (χ0v) is 16.5. The molecule has 1 saturated heterocycles. The number of nitrogens with one attached hydrogen (secondary N) is 1. The van der Waals surface area contributed by atoms with Crippen molar-refractivity contribution in [3.8, 4) is 0 Å². The molecule has 0 unspecified atom stereocenters. The molecule has 1 fully saturated rings. The summed E-state index contributed by atoms with van der Waals surface area (Å²) in [5, 5.41) is 3.66. The maximum Gasteiger partial charge on any atom is 0.266 e. The van der Waals surface area contributed by atoms with Gasteiger partial charge in [0, 0.05) is 5.41 Å². The molecule has 0 spiro atoms. The number of sulfone groups is 1. The second-order valence-corrected chi connectivity index (χ2v) is 9.50. The molecule has 2 amide bonds. The molecule has 3 rings (SSSR count). The van der Waals surface area contributed by atoms with E-state index in [-0.39, 0.29) is 18.2 Å². The van der Waals surface area contributed by atoms with E-state index in [1.807, 2.05) is 36.4 Å². The maximum atomic E-state index is 12.5. The van der Waals surface area contributed by atoms with Crippen molar-refractivity contribution < 1.29 is 18.0 Å². The lowest BCUT2D eigenvalue weighted by Crippen LogP contribution is -2.43. The van der Waals surface area contributed by atoms with Crippen LogP contribution < -0.4 is 5.32 Å². The fourth-order valence-electron chi connectivity index (χ4n) is 2.52. The lowest BCUT2D eigenvalue weighted by atomic mass is 10.2. The molecule has 1 atom stereocenters. The van der Waals surface area contributed by atoms with Gasteiger partial charge in [-0.05, 0) is 17.7 Å². The van der Waals surface area contributed by atoms with Gasteiger partial charge in [-0.2, -0.15) is 0 Å². The van der Waals surface area contributed by atoms with E-state index in [0.29, 0.717) is 9.23 Å². The standard InChI is InChI=1S/C18H16N2O4S3/c21-16(19-14-9-10-27(23,24)12-14)11-20-17(22)15(26-18(20)25)8-4-7-13-5-2-1-3-6-13/h1-10,14H,11-12H2,(H,19,21)/b7-4+,15-8+/t14-/m1/s1. The molecular weight excluding hydrogens is 404 g/mol. The van der Waals surface area contributed by atoms with E-state index >= 15 is 0 Å². The lowest BCUT2D eigenvalue weighted by Gasteiger charge is -2.16. The monoisotopic (exact) mass is 420 g/mol. The summed E-state index contributed by atoms with van der Waals surface area (Å²) in [6.07, 6.45) is 6.71. The van der Waals surface area contributed by atoms with Crippen LogP contribution in [0.5, 0.6) is 0 Å². The van der Waals surface area contributed by atoms with E-state index in [2.05, 4.69) is 5.32 Å². The van der Waals surface area contributed by atoms with E-state index in [1.165, 1.54) is 11.0 Å². The molecule has 2 heterocycles. The van der Waals surface area contributed by atoms with Crippen LogP contribution in [0.1, 0.15) is 5.56 Å². The van der Waals surface area contributed by atoms with Gasteiger partial charge in [0.15, 0.2) is 9.84 Å². The molecule has 27 heavy (non-hydrogen) atoms. The Morgan fingerprint density at radius 3 is 2.74 bits per heavy atom. The predicted molar refractivity (Wildman–Crippen MR) is 110 cm³/mol. The van der Waals surface area contributed by atoms with Gasteiger partial charge >= 0.3 is 0 Å². The molecule has 1 aromatic rings. The highest BCUT2D eigenvalue weighted by Crippen LogP contribution is 2.30. The minimum absolute atomic E-state index is 0.165. The van der Waals surface area contributed by atoms with Crippen LogP contribution >= 0.6 is 24.0 Å². The second-order valence-electron chi connectivity index (χ2n) is 5.89. The summed E-state index contributed by atoms with van der Waals surface area (Å²) in [6, 6.07) is 9.06. The molecule has 1 N–H and O–H groups in total. The first-order valence-corrected chi connectivity index (χ1v) is 11.0. The maximum absolute atomic E-state index is 12.5. The first-order valence-electron chi connectivity index (χ1n) is 8.01. The molecule has 0 bridgehead atoms. The fourth-order valence-corrected chi connectivity index (χ4v) is 4.96. The highest BCUT2D eigenvalue weighted by atomic mass is 32.2. The van der Waals surface area contributed by atoms with Crippen LogP contribution in [0.25, 0.3) is 6.08 Å². The van der Waals surface area contributed by atoms with Crippen molar-refractivity contribution in [2.24, 2.45) is 0 Å². The van der Waals surface area contributed by atoms with E-state index in [0.717, 1.165) is 22.7 Å². The Labute approximate surface area is 166 Å². The number of thioether (sulfide) groups is 1. The van der Waals surface area contributed by atoms with Crippen LogP contribution in [0.15, 0.2) is 58.9 Å². The number of amides is 2. The minimum atomic E-state index is -3.25. The van der Waals surface area contributed by atoms with Crippen LogP contribution in [0.2, 0.25) is 0 Å². The zero-order chi connectivity index (χ0) is 19.4. The first-order chi connectivity index (χ1) is 12.8. The summed E-state index contributed by atoms with van der Waals surface area (Å²) in [6.45, 7) is -0.241. The Morgan fingerprint density at radius 2 is 2.07 bits per heavy atom. The Hall–Kier alpha value is -2.23. The molecule has 9 heteroatoms. The molecule has 0 aliphatic carbocycles. The summed E-state index contributed by atoms with van der Waals surface area (Å²) in [4.78, 5) is 26.2. The molecule has 0 saturated carbocycles. The summed E-state index contributed by atoms with van der Waals surface area (Å²) in [5.41, 5.74) is 1.00. The summed E-state index contributed by atoms with van der Waals surface area (Å²) in [5.74, 6) is -0.965. The summed E-state index contributed by atoms with van der Waals surface area (Å²) >= 11 is 6.32. The molecule has 140 valence electrons. The third kappa shape index (κ3) is 5.15. The number of carbonyl (C=O) groups is 2. The largest absolute Gasteiger partial charge is 0.347 e. The van der Waals surface area contributed by atoms with E-state index in [9.17, 15) is 18.0 Å². The molecular formula is C18H16N2O4S3. The number of rotatable bonds is 5. The average molecular weight is 421 g/mol. The lowest BCUT2D eigenvalue weighted by molar-refractivity contribution is -0.128. The van der Waals surface area contributed by atoms with Crippen molar-refractivity contribution in [2.75, 3.05) is 12.3 Å². The van der Waals surface area contributed by atoms with Gasteiger partial charge in [0.1, 0.15) is 10.9 Å². The molecule has 1 aromatic carbocycles. The third-order valence-electron chi connectivity index (χ3n) is 3.79. The first kappa shape index (κ1) is 19.5. The number of hydrogen-bond acceptors (Lipinski definition) is 6. The Bertz CT molecular complexity index is 966. The minimum Gasteiger partial charge on any atom is -0.347 e. The van der Waals surface area contributed by atoms with Gasteiger partial charge < -0.3 is 5.32 Å². The number of benzene rings is 1. The Morgan fingerprint density at radius 1 is 1.33 bits per heavy atom. The molecule has 0 radical (unpaired) electrons. The van der Waals surface area contributed by atoms with Crippen molar-refractivity contribution >= 4 is 56.0 Å². The number of thiocarbonyl (C=S) groups is 1. The summed E-state index contributed by atoms with van der Waals surface area (Å²) < 4.78 is 23.0. The Kier molecular flexibility index (Phi) is 5.93. The van der Waals surface area contributed by atoms with Gasteiger partial charge in [0.05, 0.1) is 16.7 Å². The van der Waals surface area contributed by atoms with Gasteiger partial charge in [-0.3, -0.25) is 14.5 Å². The van der Waals surface area contributed by atoms with Crippen LogP contribution in [0, 0.1) is 0 Å². The molecule has 2 aliphatic rings. The van der Waals surface area contributed by atoms with Gasteiger partial charge in [-0.25, -0.2) is 8.42 Å². The average Bonchev–Trinajstić information content (AvgIpc) is 3.09. The molecule has 2 aliphatic heterocycles. The van der Waals surface area contributed by atoms with Gasteiger partial charge in [0.2, 0.25) is 5.91 Å². The number of nitrogens with zero attached hydrogens (tertiary/aromatic N) is 1. The van der Waals surface area contributed by atoms with Crippen molar-refractivity contribution in [1.82, 2.24) is 10.2 Å². The van der Waals surface area contributed by atoms with Gasteiger partial charge in [-0.15, -0.1) is 0 Å². The van der Waals surface area contributed by atoms with Crippen LogP contribution in [-0.2, 0) is 19.4 Å². The van der Waals surface area contributed by atoms with E-state index < -0.39 is 21.8 Å². The SMILES string of the molecule is O=C(CN1C(=O)/C(=C\C=C\c2ccccc2)SC1=S)N[C@@H]1C=CS(=O)(=O)C1. The molecule has 6 nitrogen and oxygen atoms in total. The predicted octanol–water partition coefficient (Wildman–Crippen LogP) is 1.87. The third-order valence-corrected chi connectivity index (χ3v) is 6.58. The van der Waals surface area contributed by atoms with Crippen LogP contribution in [0.4, 0.5) is 0 Å². The molecule has 0 aromatic heterocycles. The van der Waals surface area contributed by atoms with Crippen molar-refractivity contribution in [3.05, 3.63) is 64.4 Å². The van der Waals surface area contributed by atoms with Crippen molar-refractivity contribution in [3.63, 3.8) is 0 Å². The zero-order valence-electron chi connectivity index (χ0n) is 14.1. The highest BCUT2D eigenvalue weighted by molar-refractivity contribution is 8.26. The van der Waals surface area contributed by atoms with E-state index in [4.69, 9.17) is 12.2 Å². The van der Waals surface area contributed by atoms with Crippen LogP contribution in [-0.4, -0.2) is 47.8 Å². The van der Waals surface area contributed by atoms with Crippen molar-refractivity contribution in [2.45, 2.75) is 6.04 Å². The quantitative estimate of drug-likeness (QED) is 0.578. The number of carbonyl (C=O) groups excluding carboxylic acids is 2. The highest BCUT2D eigenvalue weighted by Gasteiger charge is 2.33. The smallest absolute Gasteiger partial charge is 0.266 e. The number of hydrogen-bond donors (Lipinski definition) is 1. The Balaban J connectivity index is 1.59. The van der Waals surface area contributed by atoms with Crippen molar-refractivity contribution in [1.29, 1.82) is 0 Å². The van der Waals surface area contributed by atoms with E-state index in [1.54, 1.807) is 12.2 Å². The van der Waals surface area contributed by atoms with Gasteiger partial charge in [0.25, 0.3) is 5.91 Å². The van der Waals surface area contributed by atoms with Crippen LogP contribution in [0.3, 0.4) is 0 Å². The number of allylic oxidation sites excluding steroid dienone is 2. The fraction of sp³-hybridized carbons (Fsp3) is 0.167. The van der Waals surface area contributed by atoms with Gasteiger partial charge in [-0.1, -0.05) is 66.5 Å². The topological polar surface area (TPSA) is 83.6 Å².